The van der Waals surface area contributed by atoms with Crippen LogP contribution in [-0.4, -0.2) is 24.2 Å². The summed E-state index contributed by atoms with van der Waals surface area (Å²) in [5, 5.41) is 11.4. The average Bonchev–Trinajstić information content (AvgIpc) is 1.90. The van der Waals surface area contributed by atoms with Crippen molar-refractivity contribution in [1.82, 2.24) is 5.32 Å². The number of carboxylic acids is 1. The quantitative estimate of drug-likeness (QED) is 0.432. The van der Waals surface area contributed by atoms with E-state index < -0.39 is 5.97 Å². The van der Waals surface area contributed by atoms with E-state index in [0.717, 1.165) is 13.0 Å². The van der Waals surface area contributed by atoms with Crippen LogP contribution in [0, 0.1) is 0 Å². The molecular formula is C6H9ClNO2-. The molecule has 0 aromatic heterocycles. The zero-order chi connectivity index (χ0) is 6.69. The van der Waals surface area contributed by atoms with E-state index >= 15 is 0 Å². The monoisotopic (exact) mass is 162 g/mol. The Labute approximate surface area is 65.5 Å². The van der Waals surface area contributed by atoms with Crippen molar-refractivity contribution in [1.29, 1.82) is 0 Å². The van der Waals surface area contributed by atoms with Gasteiger partial charge in [-0.05, 0) is 13.0 Å². The first-order chi connectivity index (χ1) is 4.30. The van der Waals surface area contributed by atoms with Crippen molar-refractivity contribution in [3.05, 3.63) is 11.6 Å². The van der Waals surface area contributed by atoms with E-state index in [2.05, 4.69) is 5.32 Å². The molecule has 0 saturated carbocycles. The summed E-state index contributed by atoms with van der Waals surface area (Å²) in [5.41, 5.74) is 0.487. The van der Waals surface area contributed by atoms with E-state index in [-0.39, 0.29) is 12.4 Å². The molecule has 4 heteroatoms. The van der Waals surface area contributed by atoms with Gasteiger partial charge in [0.25, 0.3) is 0 Å². The van der Waals surface area contributed by atoms with Crippen LogP contribution >= 0.6 is 0 Å². The predicted molar refractivity (Wildman–Crippen MR) is 33.2 cm³/mol. The highest BCUT2D eigenvalue weighted by atomic mass is 35.5. The van der Waals surface area contributed by atoms with Crippen LogP contribution in [0.4, 0.5) is 0 Å². The predicted octanol–water partition coefficient (Wildman–Crippen LogP) is -3.01. The van der Waals surface area contributed by atoms with Gasteiger partial charge in [-0.15, -0.1) is 0 Å². The molecule has 3 nitrogen and oxygen atoms in total. The van der Waals surface area contributed by atoms with Crippen molar-refractivity contribution in [2.24, 2.45) is 0 Å². The van der Waals surface area contributed by atoms with E-state index in [9.17, 15) is 4.79 Å². The van der Waals surface area contributed by atoms with Gasteiger partial charge in [-0.25, -0.2) is 4.79 Å². The molecule has 0 aliphatic carbocycles. The van der Waals surface area contributed by atoms with Crippen LogP contribution in [0.5, 0.6) is 0 Å². The van der Waals surface area contributed by atoms with Gasteiger partial charge < -0.3 is 22.8 Å². The van der Waals surface area contributed by atoms with Crippen molar-refractivity contribution in [2.45, 2.75) is 6.42 Å². The molecule has 10 heavy (non-hydrogen) atoms. The molecule has 1 aliphatic heterocycles. The SMILES string of the molecule is O=C(O)C1=CCCNC1.[Cl-]. The van der Waals surface area contributed by atoms with Crippen molar-refractivity contribution >= 4 is 5.97 Å². The summed E-state index contributed by atoms with van der Waals surface area (Å²) >= 11 is 0. The van der Waals surface area contributed by atoms with Gasteiger partial charge in [0.2, 0.25) is 0 Å². The van der Waals surface area contributed by atoms with Crippen LogP contribution in [0.2, 0.25) is 0 Å². The number of carboxylic acid groups (broad SMARTS) is 1. The van der Waals surface area contributed by atoms with Crippen molar-refractivity contribution in [2.75, 3.05) is 13.1 Å². The highest BCUT2D eigenvalue weighted by Crippen LogP contribution is 1.99. The summed E-state index contributed by atoms with van der Waals surface area (Å²) in [7, 11) is 0. The number of aliphatic carboxylic acids is 1. The van der Waals surface area contributed by atoms with E-state index in [1.807, 2.05) is 0 Å². The zero-order valence-corrected chi connectivity index (χ0v) is 6.19. The summed E-state index contributed by atoms with van der Waals surface area (Å²) in [6.45, 7) is 1.41. The third-order valence-electron chi connectivity index (χ3n) is 1.30. The largest absolute Gasteiger partial charge is 1.00 e. The number of nitrogens with one attached hydrogen (secondary N) is 1. The van der Waals surface area contributed by atoms with Crippen LogP contribution in [0.1, 0.15) is 6.42 Å². The first-order valence-electron chi connectivity index (χ1n) is 2.94. The zero-order valence-electron chi connectivity index (χ0n) is 5.43. The molecule has 0 radical (unpaired) electrons. The van der Waals surface area contributed by atoms with Gasteiger partial charge in [0.15, 0.2) is 0 Å². The Hall–Kier alpha value is -0.540. The van der Waals surface area contributed by atoms with E-state index in [0.29, 0.717) is 12.1 Å². The number of rotatable bonds is 1. The summed E-state index contributed by atoms with van der Waals surface area (Å²) < 4.78 is 0. The fourth-order valence-corrected chi connectivity index (χ4v) is 0.807. The van der Waals surface area contributed by atoms with Crippen molar-refractivity contribution < 1.29 is 22.3 Å². The molecule has 0 fully saturated rings. The highest BCUT2D eigenvalue weighted by molar-refractivity contribution is 5.87. The standard InChI is InChI=1S/C6H9NO2.ClH/c8-6(9)5-2-1-3-7-4-5;/h2,7H,1,3-4H2,(H,8,9);1H/p-1. The topological polar surface area (TPSA) is 49.3 Å². The second-order valence-corrected chi connectivity index (χ2v) is 2.00. The Bertz CT molecular complexity index is 156. The third-order valence-corrected chi connectivity index (χ3v) is 1.30. The number of halogens is 1. The Morgan fingerprint density at radius 2 is 2.40 bits per heavy atom. The molecule has 0 atom stereocenters. The summed E-state index contributed by atoms with van der Waals surface area (Å²) in [4.78, 5) is 10.2. The fourth-order valence-electron chi connectivity index (χ4n) is 0.807. The van der Waals surface area contributed by atoms with Gasteiger partial charge in [0.05, 0.1) is 0 Å². The third kappa shape index (κ3) is 2.37. The smallest absolute Gasteiger partial charge is 0.332 e. The van der Waals surface area contributed by atoms with Crippen LogP contribution in [-0.2, 0) is 4.79 Å². The molecule has 58 valence electrons. The fraction of sp³-hybridized carbons (Fsp3) is 0.500. The summed E-state index contributed by atoms with van der Waals surface area (Å²) in [6.07, 6.45) is 2.60. The Kier molecular flexibility index (Phi) is 4.07. The molecule has 0 aromatic carbocycles. The lowest BCUT2D eigenvalue weighted by Crippen LogP contribution is -3.00. The number of hydrogen-bond donors (Lipinski definition) is 2. The second-order valence-electron chi connectivity index (χ2n) is 2.00. The maximum atomic E-state index is 10.2. The molecule has 0 bridgehead atoms. The lowest BCUT2D eigenvalue weighted by atomic mass is 10.1. The molecule has 0 unspecified atom stereocenters. The lowest BCUT2D eigenvalue weighted by Gasteiger charge is -2.09. The molecule has 1 rings (SSSR count). The van der Waals surface area contributed by atoms with E-state index in [4.69, 9.17) is 5.11 Å². The van der Waals surface area contributed by atoms with Gasteiger partial charge >= 0.3 is 5.97 Å². The first-order valence-corrected chi connectivity index (χ1v) is 2.94. The first kappa shape index (κ1) is 9.46. The number of carbonyl (C=O) groups is 1. The van der Waals surface area contributed by atoms with Gasteiger partial charge in [0, 0.05) is 12.1 Å². The Balaban J connectivity index is 0.000000810. The summed E-state index contributed by atoms with van der Waals surface area (Å²) in [6, 6.07) is 0. The molecule has 0 spiro atoms. The van der Waals surface area contributed by atoms with Crippen molar-refractivity contribution in [3.8, 4) is 0 Å². The highest BCUT2D eigenvalue weighted by Gasteiger charge is 2.08. The van der Waals surface area contributed by atoms with Gasteiger partial charge in [0.1, 0.15) is 0 Å². The molecule has 1 aliphatic rings. The molecule has 2 N–H and O–H groups in total. The number of hydrogen-bond acceptors (Lipinski definition) is 2. The minimum Gasteiger partial charge on any atom is -1.00 e. The Morgan fingerprint density at radius 3 is 2.70 bits per heavy atom. The van der Waals surface area contributed by atoms with Crippen molar-refractivity contribution in [3.63, 3.8) is 0 Å². The second kappa shape index (κ2) is 4.30. The summed E-state index contributed by atoms with van der Waals surface area (Å²) in [5.74, 6) is -0.804. The van der Waals surface area contributed by atoms with Gasteiger partial charge in [-0.3, -0.25) is 0 Å². The molecular weight excluding hydrogens is 154 g/mol. The van der Waals surface area contributed by atoms with Crippen LogP contribution in [0.3, 0.4) is 0 Å². The molecule has 1 heterocycles. The van der Waals surface area contributed by atoms with Crippen LogP contribution in [0.25, 0.3) is 0 Å². The molecule has 0 amide bonds. The van der Waals surface area contributed by atoms with E-state index in [1.165, 1.54) is 0 Å². The minimum atomic E-state index is -0.804. The minimum absolute atomic E-state index is 0. The maximum Gasteiger partial charge on any atom is 0.332 e. The van der Waals surface area contributed by atoms with Gasteiger partial charge in [-0.1, -0.05) is 6.08 Å². The average molecular weight is 163 g/mol. The lowest BCUT2D eigenvalue weighted by molar-refractivity contribution is -0.132. The van der Waals surface area contributed by atoms with Gasteiger partial charge in [-0.2, -0.15) is 0 Å². The normalized spacial score (nSPS) is 17.0. The molecule has 0 saturated heterocycles. The van der Waals surface area contributed by atoms with Crippen LogP contribution in [0.15, 0.2) is 11.6 Å². The van der Waals surface area contributed by atoms with Crippen LogP contribution < -0.4 is 17.7 Å². The maximum absolute atomic E-state index is 10.2. The Morgan fingerprint density at radius 1 is 1.70 bits per heavy atom. The molecule has 0 aromatic rings. The van der Waals surface area contributed by atoms with E-state index in [1.54, 1.807) is 6.08 Å².